The quantitative estimate of drug-likeness (QED) is 0.798. The summed E-state index contributed by atoms with van der Waals surface area (Å²) >= 11 is 0. The maximum Gasteiger partial charge on any atom is 0.168 e. The van der Waals surface area contributed by atoms with Gasteiger partial charge in [0.05, 0.1) is 0 Å². The van der Waals surface area contributed by atoms with Crippen molar-refractivity contribution in [1.82, 2.24) is 5.32 Å². The average molecular weight is 295 g/mol. The van der Waals surface area contributed by atoms with Gasteiger partial charge in [0, 0.05) is 18.2 Å². The molecule has 2 nitrogen and oxygen atoms in total. The molecule has 0 fully saturated rings. The van der Waals surface area contributed by atoms with Gasteiger partial charge in [-0.3, -0.25) is 0 Å². The van der Waals surface area contributed by atoms with Crippen molar-refractivity contribution in [3.8, 4) is 11.5 Å². The van der Waals surface area contributed by atoms with Crippen molar-refractivity contribution in [2.45, 2.75) is 19.9 Å². The van der Waals surface area contributed by atoms with Crippen LogP contribution < -0.4 is 10.1 Å². The highest BCUT2D eigenvalue weighted by Crippen LogP contribution is 2.29. The van der Waals surface area contributed by atoms with Crippen LogP contribution in [0.2, 0.25) is 0 Å². The van der Waals surface area contributed by atoms with Crippen molar-refractivity contribution in [1.29, 1.82) is 0 Å². The molecule has 0 aliphatic carbocycles. The number of rotatable bonds is 6. The third kappa shape index (κ3) is 3.98. The van der Waals surface area contributed by atoms with E-state index in [1.54, 1.807) is 6.07 Å². The Morgan fingerprint density at radius 2 is 1.81 bits per heavy atom. The van der Waals surface area contributed by atoms with Crippen LogP contribution in [-0.4, -0.2) is 6.54 Å². The maximum absolute atomic E-state index is 13.9. The van der Waals surface area contributed by atoms with E-state index in [9.17, 15) is 13.2 Å². The summed E-state index contributed by atoms with van der Waals surface area (Å²) in [4.78, 5) is 0. The number of benzene rings is 2. The molecule has 0 aliphatic rings. The summed E-state index contributed by atoms with van der Waals surface area (Å²) in [5, 5.41) is 3.07. The fraction of sp³-hybridized carbons (Fsp3) is 0.250. The fourth-order valence-electron chi connectivity index (χ4n) is 1.87. The molecule has 0 aliphatic heterocycles. The van der Waals surface area contributed by atoms with Crippen molar-refractivity contribution in [2.24, 2.45) is 0 Å². The molecule has 0 saturated heterocycles. The Morgan fingerprint density at radius 3 is 2.52 bits per heavy atom. The monoisotopic (exact) mass is 295 g/mol. The van der Waals surface area contributed by atoms with E-state index in [1.807, 2.05) is 6.92 Å². The zero-order valence-electron chi connectivity index (χ0n) is 11.6. The van der Waals surface area contributed by atoms with Gasteiger partial charge < -0.3 is 10.1 Å². The highest BCUT2D eigenvalue weighted by atomic mass is 19.1. The average Bonchev–Trinajstić information content (AvgIpc) is 2.45. The van der Waals surface area contributed by atoms with Crippen LogP contribution in [0.1, 0.15) is 18.9 Å². The van der Waals surface area contributed by atoms with E-state index >= 15 is 0 Å². The SMILES string of the molecule is CCCNCc1c(F)cccc1Oc1ccc(F)cc1F. The second kappa shape index (κ2) is 7.13. The Morgan fingerprint density at radius 1 is 1.00 bits per heavy atom. The summed E-state index contributed by atoms with van der Waals surface area (Å²) in [6.45, 7) is 3.01. The summed E-state index contributed by atoms with van der Waals surface area (Å²) in [5.41, 5.74) is 0.315. The summed E-state index contributed by atoms with van der Waals surface area (Å²) in [7, 11) is 0. The fourth-order valence-corrected chi connectivity index (χ4v) is 1.87. The third-order valence-electron chi connectivity index (χ3n) is 2.92. The number of hydrogen-bond acceptors (Lipinski definition) is 2. The van der Waals surface area contributed by atoms with E-state index in [0.29, 0.717) is 5.56 Å². The van der Waals surface area contributed by atoms with Gasteiger partial charge in [0.15, 0.2) is 11.6 Å². The first-order valence-electron chi connectivity index (χ1n) is 6.73. The molecule has 0 heterocycles. The van der Waals surface area contributed by atoms with E-state index in [1.165, 1.54) is 18.2 Å². The summed E-state index contributed by atoms with van der Waals surface area (Å²) < 4.78 is 45.7. The van der Waals surface area contributed by atoms with Crippen molar-refractivity contribution >= 4 is 0 Å². The lowest BCUT2D eigenvalue weighted by molar-refractivity contribution is 0.426. The molecular formula is C16H16F3NO. The maximum atomic E-state index is 13.9. The molecule has 0 amide bonds. The van der Waals surface area contributed by atoms with Gasteiger partial charge in [-0.2, -0.15) is 0 Å². The highest BCUT2D eigenvalue weighted by Gasteiger charge is 2.12. The van der Waals surface area contributed by atoms with Crippen LogP contribution >= 0.6 is 0 Å². The van der Waals surface area contributed by atoms with Crippen molar-refractivity contribution in [2.75, 3.05) is 6.54 Å². The molecule has 0 atom stereocenters. The molecule has 0 radical (unpaired) electrons. The van der Waals surface area contributed by atoms with Gasteiger partial charge in [-0.1, -0.05) is 13.0 Å². The van der Waals surface area contributed by atoms with Crippen LogP contribution in [0.15, 0.2) is 36.4 Å². The van der Waals surface area contributed by atoms with Gasteiger partial charge in [-0.15, -0.1) is 0 Å². The molecule has 5 heteroatoms. The summed E-state index contributed by atoms with van der Waals surface area (Å²) in [6.07, 6.45) is 0.914. The Balaban J connectivity index is 2.24. The van der Waals surface area contributed by atoms with Gasteiger partial charge >= 0.3 is 0 Å². The third-order valence-corrected chi connectivity index (χ3v) is 2.92. The second-order valence-electron chi connectivity index (χ2n) is 4.57. The van der Waals surface area contributed by atoms with E-state index < -0.39 is 17.5 Å². The zero-order valence-corrected chi connectivity index (χ0v) is 11.6. The molecule has 21 heavy (non-hydrogen) atoms. The molecule has 2 aromatic carbocycles. The normalized spacial score (nSPS) is 10.7. The van der Waals surface area contributed by atoms with E-state index in [2.05, 4.69) is 5.32 Å². The number of ether oxygens (including phenoxy) is 1. The first-order chi connectivity index (χ1) is 10.1. The topological polar surface area (TPSA) is 21.3 Å². The minimum atomic E-state index is -0.827. The second-order valence-corrected chi connectivity index (χ2v) is 4.57. The molecule has 0 spiro atoms. The van der Waals surface area contributed by atoms with Crippen LogP contribution in [0.4, 0.5) is 13.2 Å². The van der Waals surface area contributed by atoms with Crippen LogP contribution in [0, 0.1) is 17.5 Å². The standard InChI is InChI=1S/C16H16F3NO/c1-2-8-20-10-12-13(18)4-3-5-15(12)21-16-7-6-11(17)9-14(16)19/h3-7,9,20H,2,8,10H2,1H3. The van der Waals surface area contributed by atoms with Gasteiger partial charge in [-0.25, -0.2) is 13.2 Å². The van der Waals surface area contributed by atoms with Crippen molar-refractivity contribution in [3.63, 3.8) is 0 Å². The molecule has 0 unspecified atom stereocenters. The minimum Gasteiger partial charge on any atom is -0.454 e. The van der Waals surface area contributed by atoms with Crippen molar-refractivity contribution in [3.05, 3.63) is 59.4 Å². The molecule has 1 N–H and O–H groups in total. The Bertz CT molecular complexity index is 616. The molecule has 0 bridgehead atoms. The zero-order chi connectivity index (χ0) is 15.2. The van der Waals surface area contributed by atoms with Crippen LogP contribution in [0.3, 0.4) is 0 Å². The summed E-state index contributed by atoms with van der Waals surface area (Å²) in [5.74, 6) is -1.88. The smallest absolute Gasteiger partial charge is 0.168 e. The van der Waals surface area contributed by atoms with Crippen LogP contribution in [0.25, 0.3) is 0 Å². The molecule has 0 aromatic heterocycles. The van der Waals surface area contributed by atoms with E-state index in [-0.39, 0.29) is 18.0 Å². The first-order valence-corrected chi connectivity index (χ1v) is 6.73. The van der Waals surface area contributed by atoms with Crippen molar-refractivity contribution < 1.29 is 17.9 Å². The molecular weight excluding hydrogens is 279 g/mol. The Kier molecular flexibility index (Phi) is 5.22. The van der Waals surface area contributed by atoms with E-state index in [0.717, 1.165) is 25.1 Å². The van der Waals surface area contributed by atoms with Gasteiger partial charge in [-0.05, 0) is 37.2 Å². The lowest BCUT2D eigenvalue weighted by Crippen LogP contribution is -2.15. The van der Waals surface area contributed by atoms with Gasteiger partial charge in [0.25, 0.3) is 0 Å². The van der Waals surface area contributed by atoms with Gasteiger partial charge in [0.2, 0.25) is 0 Å². The largest absolute Gasteiger partial charge is 0.454 e. The summed E-state index contributed by atoms with van der Waals surface area (Å²) in [6, 6.07) is 7.34. The predicted molar refractivity (Wildman–Crippen MR) is 74.8 cm³/mol. The van der Waals surface area contributed by atoms with Gasteiger partial charge in [0.1, 0.15) is 17.4 Å². The lowest BCUT2D eigenvalue weighted by Gasteiger charge is -2.13. The highest BCUT2D eigenvalue weighted by molar-refractivity contribution is 5.39. The molecule has 2 rings (SSSR count). The predicted octanol–water partition coefficient (Wildman–Crippen LogP) is 4.40. The number of hydrogen-bond donors (Lipinski definition) is 1. The van der Waals surface area contributed by atoms with Crippen LogP contribution in [0.5, 0.6) is 11.5 Å². The molecule has 0 saturated carbocycles. The number of nitrogens with one attached hydrogen (secondary N) is 1. The number of halogens is 3. The van der Waals surface area contributed by atoms with Crippen LogP contribution in [-0.2, 0) is 6.54 Å². The molecule has 2 aromatic rings. The lowest BCUT2D eigenvalue weighted by atomic mass is 10.2. The Hall–Kier alpha value is -2.01. The molecule has 112 valence electrons. The minimum absolute atomic E-state index is 0.140. The first kappa shape index (κ1) is 15.4. The van der Waals surface area contributed by atoms with E-state index in [4.69, 9.17) is 4.74 Å². The Labute approximate surface area is 121 Å².